The minimum Gasteiger partial charge on any atom is -0.494 e. The van der Waals surface area contributed by atoms with Crippen LogP contribution in [0, 0.1) is 0 Å². The van der Waals surface area contributed by atoms with E-state index in [2.05, 4.69) is 0 Å². The van der Waals surface area contributed by atoms with Crippen molar-refractivity contribution in [2.75, 3.05) is 33.3 Å². The number of hydrogen-bond acceptors (Lipinski definition) is 4. The number of likely N-dealkylation sites (N-methyl/N-ethyl adjacent to an activating group) is 1. The summed E-state index contributed by atoms with van der Waals surface area (Å²) >= 11 is 0. The first-order chi connectivity index (χ1) is 9.45. The zero-order chi connectivity index (χ0) is 14.8. The van der Waals surface area contributed by atoms with Crippen LogP contribution in [0.2, 0.25) is 0 Å². The third-order valence-corrected chi connectivity index (χ3v) is 5.02. The van der Waals surface area contributed by atoms with Crippen LogP contribution in [0.3, 0.4) is 0 Å². The van der Waals surface area contributed by atoms with Crippen molar-refractivity contribution in [1.29, 1.82) is 0 Å². The van der Waals surface area contributed by atoms with E-state index in [1.807, 2.05) is 6.92 Å². The highest BCUT2D eigenvalue weighted by atomic mass is 32.2. The molecule has 0 N–H and O–H groups in total. The molecular weight excluding hydrogens is 280 g/mol. The second-order valence-corrected chi connectivity index (χ2v) is 6.50. The molecular formula is C13H18N2O4S. The number of hydrogen-bond donors (Lipinski definition) is 0. The zero-order valence-electron chi connectivity index (χ0n) is 11.6. The van der Waals surface area contributed by atoms with E-state index in [0.29, 0.717) is 25.4 Å². The van der Waals surface area contributed by atoms with Gasteiger partial charge in [-0.15, -0.1) is 0 Å². The molecule has 110 valence electrons. The standard InChI is InChI=1S/C13H18N2O4S/c1-3-19-11-5-4-6-12(9-11)20(17,18)15-8-7-14(2)13(16)10-15/h4-6,9H,3,7-8,10H2,1-2H3. The average Bonchev–Trinajstić information content (AvgIpc) is 2.42. The Morgan fingerprint density at radius 3 is 2.70 bits per heavy atom. The number of benzene rings is 1. The second kappa shape index (κ2) is 5.80. The summed E-state index contributed by atoms with van der Waals surface area (Å²) in [5.41, 5.74) is 0. The summed E-state index contributed by atoms with van der Waals surface area (Å²) in [6.07, 6.45) is 0. The fourth-order valence-corrected chi connectivity index (χ4v) is 3.40. The summed E-state index contributed by atoms with van der Waals surface area (Å²) in [7, 11) is -1.98. The van der Waals surface area contributed by atoms with Gasteiger partial charge in [0.15, 0.2) is 0 Å². The summed E-state index contributed by atoms with van der Waals surface area (Å²) in [6, 6.07) is 6.34. The quantitative estimate of drug-likeness (QED) is 0.814. The summed E-state index contributed by atoms with van der Waals surface area (Å²) in [6.45, 7) is 2.90. The number of ether oxygens (including phenoxy) is 1. The molecule has 20 heavy (non-hydrogen) atoms. The van der Waals surface area contributed by atoms with Gasteiger partial charge in [-0.1, -0.05) is 6.07 Å². The molecule has 0 spiro atoms. The van der Waals surface area contributed by atoms with Gasteiger partial charge in [0.1, 0.15) is 5.75 Å². The summed E-state index contributed by atoms with van der Waals surface area (Å²) < 4.78 is 31.5. The number of piperazine rings is 1. The molecule has 0 atom stereocenters. The van der Waals surface area contributed by atoms with Gasteiger partial charge in [-0.2, -0.15) is 4.31 Å². The molecule has 7 heteroatoms. The highest BCUT2D eigenvalue weighted by molar-refractivity contribution is 7.89. The fourth-order valence-electron chi connectivity index (χ4n) is 1.98. The van der Waals surface area contributed by atoms with Crippen molar-refractivity contribution in [3.63, 3.8) is 0 Å². The van der Waals surface area contributed by atoms with Gasteiger partial charge >= 0.3 is 0 Å². The molecule has 0 aliphatic carbocycles. The molecule has 0 radical (unpaired) electrons. The van der Waals surface area contributed by atoms with Crippen LogP contribution in [0.1, 0.15) is 6.92 Å². The molecule has 2 rings (SSSR count). The number of rotatable bonds is 4. The SMILES string of the molecule is CCOc1cccc(S(=O)(=O)N2CCN(C)C(=O)C2)c1. The maximum Gasteiger partial charge on any atom is 0.243 e. The van der Waals surface area contributed by atoms with Gasteiger partial charge in [-0.25, -0.2) is 8.42 Å². The number of sulfonamides is 1. The number of nitrogens with zero attached hydrogens (tertiary/aromatic N) is 2. The van der Waals surface area contributed by atoms with Gasteiger partial charge in [0, 0.05) is 26.2 Å². The van der Waals surface area contributed by atoms with Crippen molar-refractivity contribution in [3.05, 3.63) is 24.3 Å². The normalized spacial score (nSPS) is 17.3. The Balaban J connectivity index is 2.26. The maximum absolute atomic E-state index is 12.5. The first-order valence-corrected chi connectivity index (χ1v) is 7.86. The van der Waals surface area contributed by atoms with Gasteiger partial charge in [-0.3, -0.25) is 4.79 Å². The molecule has 1 aliphatic heterocycles. The topological polar surface area (TPSA) is 66.9 Å². The van der Waals surface area contributed by atoms with Crippen molar-refractivity contribution >= 4 is 15.9 Å². The summed E-state index contributed by atoms with van der Waals surface area (Å²) in [4.78, 5) is 13.3. The van der Waals surface area contributed by atoms with Gasteiger partial charge in [0.25, 0.3) is 0 Å². The van der Waals surface area contributed by atoms with E-state index in [4.69, 9.17) is 4.74 Å². The van der Waals surface area contributed by atoms with E-state index in [9.17, 15) is 13.2 Å². The molecule has 1 heterocycles. The fraction of sp³-hybridized carbons (Fsp3) is 0.462. The van der Waals surface area contributed by atoms with Crippen LogP contribution >= 0.6 is 0 Å². The lowest BCUT2D eigenvalue weighted by atomic mass is 10.3. The third-order valence-electron chi connectivity index (χ3n) is 3.18. The van der Waals surface area contributed by atoms with Crippen LogP contribution in [-0.2, 0) is 14.8 Å². The first-order valence-electron chi connectivity index (χ1n) is 6.42. The largest absolute Gasteiger partial charge is 0.494 e. The molecule has 0 aromatic heterocycles. The molecule has 1 amide bonds. The lowest BCUT2D eigenvalue weighted by molar-refractivity contribution is -0.132. The van der Waals surface area contributed by atoms with Gasteiger partial charge in [-0.05, 0) is 19.1 Å². The predicted octanol–water partition coefficient (Wildman–Crippen LogP) is 0.548. The van der Waals surface area contributed by atoms with Crippen LogP contribution in [0.15, 0.2) is 29.2 Å². The van der Waals surface area contributed by atoms with Crippen LogP contribution < -0.4 is 4.74 Å². The predicted molar refractivity (Wildman–Crippen MR) is 74.0 cm³/mol. The first kappa shape index (κ1) is 14.8. The van der Waals surface area contributed by atoms with Crippen molar-refractivity contribution in [3.8, 4) is 5.75 Å². The molecule has 1 aromatic carbocycles. The lowest BCUT2D eigenvalue weighted by Crippen LogP contribution is -2.50. The van der Waals surface area contributed by atoms with E-state index in [0.717, 1.165) is 0 Å². The highest BCUT2D eigenvalue weighted by Crippen LogP contribution is 2.22. The molecule has 1 aliphatic rings. The van der Waals surface area contributed by atoms with Crippen molar-refractivity contribution < 1.29 is 17.9 Å². The Morgan fingerprint density at radius 2 is 2.05 bits per heavy atom. The van der Waals surface area contributed by atoms with Crippen LogP contribution in [0.4, 0.5) is 0 Å². The minimum absolute atomic E-state index is 0.113. The Kier molecular flexibility index (Phi) is 4.29. The third kappa shape index (κ3) is 2.94. The molecule has 0 bridgehead atoms. The number of carbonyl (C=O) groups is 1. The van der Waals surface area contributed by atoms with Crippen LogP contribution in [0.25, 0.3) is 0 Å². The van der Waals surface area contributed by atoms with E-state index in [1.54, 1.807) is 19.2 Å². The van der Waals surface area contributed by atoms with Gasteiger partial charge < -0.3 is 9.64 Å². The molecule has 6 nitrogen and oxygen atoms in total. The Hall–Kier alpha value is -1.60. The van der Waals surface area contributed by atoms with Gasteiger partial charge in [0.05, 0.1) is 18.0 Å². The minimum atomic E-state index is -3.65. The molecule has 0 unspecified atom stereocenters. The monoisotopic (exact) mass is 298 g/mol. The molecule has 1 aromatic rings. The molecule has 0 saturated carbocycles. The Morgan fingerprint density at radius 1 is 1.30 bits per heavy atom. The Bertz CT molecular complexity index is 600. The molecule has 1 fully saturated rings. The summed E-state index contributed by atoms with van der Waals surface area (Å²) in [5, 5.41) is 0. The smallest absolute Gasteiger partial charge is 0.243 e. The zero-order valence-corrected chi connectivity index (χ0v) is 12.4. The van der Waals surface area contributed by atoms with E-state index >= 15 is 0 Å². The maximum atomic E-state index is 12.5. The van der Waals surface area contributed by atoms with E-state index in [1.165, 1.54) is 21.3 Å². The van der Waals surface area contributed by atoms with Crippen molar-refractivity contribution in [1.82, 2.24) is 9.21 Å². The number of carbonyl (C=O) groups excluding carboxylic acids is 1. The van der Waals surface area contributed by atoms with Crippen LogP contribution in [-0.4, -0.2) is 56.8 Å². The second-order valence-electron chi connectivity index (χ2n) is 4.56. The number of amides is 1. The Labute approximate surface area is 119 Å². The molecule has 1 saturated heterocycles. The van der Waals surface area contributed by atoms with E-state index < -0.39 is 10.0 Å². The average molecular weight is 298 g/mol. The van der Waals surface area contributed by atoms with Crippen LogP contribution in [0.5, 0.6) is 5.75 Å². The highest BCUT2D eigenvalue weighted by Gasteiger charge is 2.31. The van der Waals surface area contributed by atoms with Gasteiger partial charge in [0.2, 0.25) is 15.9 Å². The lowest BCUT2D eigenvalue weighted by Gasteiger charge is -2.31. The van der Waals surface area contributed by atoms with Crippen molar-refractivity contribution in [2.45, 2.75) is 11.8 Å². The van der Waals surface area contributed by atoms with Crippen molar-refractivity contribution in [2.24, 2.45) is 0 Å². The van der Waals surface area contributed by atoms with E-state index in [-0.39, 0.29) is 17.3 Å². The summed E-state index contributed by atoms with van der Waals surface area (Å²) in [5.74, 6) is 0.315.